The van der Waals surface area contributed by atoms with E-state index in [1.54, 1.807) is 18.3 Å². The molecule has 2 aliphatic heterocycles. The van der Waals surface area contributed by atoms with Gasteiger partial charge in [0, 0.05) is 19.3 Å². The van der Waals surface area contributed by atoms with Crippen LogP contribution in [0.4, 0.5) is 5.95 Å². The van der Waals surface area contributed by atoms with Crippen molar-refractivity contribution in [1.82, 2.24) is 9.97 Å². The van der Waals surface area contributed by atoms with Crippen molar-refractivity contribution in [2.24, 2.45) is 5.92 Å². The van der Waals surface area contributed by atoms with E-state index in [4.69, 9.17) is 0 Å². The number of anilines is 1. The van der Waals surface area contributed by atoms with Gasteiger partial charge in [-0.25, -0.2) is 9.97 Å². The van der Waals surface area contributed by atoms with E-state index in [2.05, 4.69) is 21.8 Å². The van der Waals surface area contributed by atoms with Gasteiger partial charge in [0.05, 0.1) is 17.0 Å². The fraction of sp³-hybridized carbons (Fsp3) is 0.500. The number of ketones is 1. The maximum absolute atomic E-state index is 11.7. The van der Waals surface area contributed by atoms with Gasteiger partial charge in [-0.1, -0.05) is 13.3 Å². The maximum atomic E-state index is 11.7. The van der Waals surface area contributed by atoms with Crippen molar-refractivity contribution in [2.75, 3.05) is 18.0 Å². The predicted octanol–water partition coefficient (Wildman–Crippen LogP) is 2.68. The molecule has 3 rings (SSSR count). The van der Waals surface area contributed by atoms with Crippen LogP contribution in [0.25, 0.3) is 6.08 Å². The van der Waals surface area contributed by atoms with Crippen LogP contribution in [0.3, 0.4) is 0 Å². The van der Waals surface area contributed by atoms with Crippen LogP contribution in [0, 0.1) is 5.92 Å². The van der Waals surface area contributed by atoms with Crippen molar-refractivity contribution in [3.8, 4) is 0 Å². The number of carbonyl (C=O) groups excluding carboxylic acids is 2. The van der Waals surface area contributed by atoms with Gasteiger partial charge in [0.15, 0.2) is 5.78 Å². The molecule has 0 aromatic carbocycles. The van der Waals surface area contributed by atoms with Crippen molar-refractivity contribution in [2.45, 2.75) is 32.6 Å². The molecule has 116 valence electrons. The Morgan fingerprint density at radius 1 is 1.45 bits per heavy atom. The number of aromatic nitrogens is 2. The second kappa shape index (κ2) is 6.60. The minimum Gasteiger partial charge on any atom is -0.341 e. The summed E-state index contributed by atoms with van der Waals surface area (Å²) in [7, 11) is 0. The summed E-state index contributed by atoms with van der Waals surface area (Å²) >= 11 is 1.01. The normalized spacial score (nSPS) is 24.3. The van der Waals surface area contributed by atoms with Crippen molar-refractivity contribution in [3.63, 3.8) is 0 Å². The first-order valence-electron chi connectivity index (χ1n) is 7.69. The molecule has 6 heteroatoms. The zero-order chi connectivity index (χ0) is 15.5. The lowest BCUT2D eigenvalue weighted by atomic mass is 9.96. The van der Waals surface area contributed by atoms with Crippen LogP contribution in [-0.2, 0) is 9.59 Å². The molecule has 1 unspecified atom stereocenters. The number of nitrogens with zero attached hydrogens (tertiary/aromatic N) is 3. The molecule has 0 N–H and O–H groups in total. The van der Waals surface area contributed by atoms with E-state index in [1.165, 1.54) is 12.8 Å². The predicted molar refractivity (Wildman–Crippen MR) is 87.5 cm³/mol. The average molecular weight is 317 g/mol. The first kappa shape index (κ1) is 15.2. The van der Waals surface area contributed by atoms with Gasteiger partial charge in [0.25, 0.3) is 0 Å². The summed E-state index contributed by atoms with van der Waals surface area (Å²) in [5.74, 6) is 1.30. The number of thioether (sulfide) groups is 1. The zero-order valence-corrected chi connectivity index (χ0v) is 13.4. The lowest BCUT2D eigenvalue weighted by molar-refractivity contribution is -0.119. The molecule has 0 saturated carbocycles. The lowest BCUT2D eigenvalue weighted by Gasteiger charge is -2.32. The second-order valence-electron chi connectivity index (χ2n) is 5.73. The molecule has 0 amide bonds. The fourth-order valence-electron chi connectivity index (χ4n) is 2.85. The summed E-state index contributed by atoms with van der Waals surface area (Å²) < 4.78 is 0. The summed E-state index contributed by atoms with van der Waals surface area (Å²) in [4.78, 5) is 34.6. The van der Waals surface area contributed by atoms with E-state index in [-0.39, 0.29) is 17.3 Å². The monoisotopic (exact) mass is 317 g/mol. The third-order valence-corrected chi connectivity index (χ3v) is 5.06. The Hall–Kier alpha value is -1.69. The Morgan fingerprint density at radius 3 is 3.05 bits per heavy atom. The van der Waals surface area contributed by atoms with Gasteiger partial charge in [0.1, 0.15) is 0 Å². The summed E-state index contributed by atoms with van der Waals surface area (Å²) in [6.45, 7) is 4.18. The number of hydrogen-bond acceptors (Lipinski definition) is 6. The van der Waals surface area contributed by atoms with Crippen LogP contribution in [0.5, 0.6) is 0 Å². The van der Waals surface area contributed by atoms with Crippen LogP contribution >= 0.6 is 11.8 Å². The molecule has 2 fully saturated rings. The van der Waals surface area contributed by atoms with Gasteiger partial charge < -0.3 is 4.90 Å². The molecule has 0 radical (unpaired) electrons. The smallest absolute Gasteiger partial charge is 0.225 e. The second-order valence-corrected chi connectivity index (χ2v) is 6.83. The van der Waals surface area contributed by atoms with E-state index >= 15 is 0 Å². The molecule has 0 bridgehead atoms. The Bertz CT molecular complexity index is 630. The molecule has 22 heavy (non-hydrogen) atoms. The van der Waals surface area contributed by atoms with Crippen LogP contribution in [0.15, 0.2) is 17.2 Å². The molecule has 1 aromatic rings. The summed E-state index contributed by atoms with van der Waals surface area (Å²) in [5.41, 5.74) is 0.689. The number of Topliss-reactive ketones (excluding diaryl/α,β-unsaturated/α-hetero) is 1. The van der Waals surface area contributed by atoms with Gasteiger partial charge in [-0.05, 0) is 42.7 Å². The molecule has 3 heterocycles. The van der Waals surface area contributed by atoms with Crippen LogP contribution < -0.4 is 4.90 Å². The Labute approximate surface area is 134 Å². The summed E-state index contributed by atoms with van der Waals surface area (Å²) in [6, 6.07) is 1.77. The quantitative estimate of drug-likeness (QED) is 0.631. The molecular weight excluding hydrogens is 298 g/mol. The molecule has 1 aromatic heterocycles. The molecule has 2 aliphatic rings. The highest BCUT2D eigenvalue weighted by molar-refractivity contribution is 8.18. The largest absolute Gasteiger partial charge is 0.341 e. The Morgan fingerprint density at radius 2 is 2.32 bits per heavy atom. The van der Waals surface area contributed by atoms with Crippen molar-refractivity contribution < 1.29 is 9.59 Å². The molecule has 2 saturated heterocycles. The van der Waals surface area contributed by atoms with Gasteiger partial charge in [-0.3, -0.25) is 9.59 Å². The summed E-state index contributed by atoms with van der Waals surface area (Å²) in [6.07, 6.45) is 7.02. The highest BCUT2D eigenvalue weighted by Crippen LogP contribution is 2.30. The molecule has 0 aliphatic carbocycles. The molecule has 1 atom stereocenters. The number of piperidine rings is 1. The minimum atomic E-state index is -0.112. The SMILES string of the molecule is CCC1CCCN(c2nccc(/C=C3\SC(=O)CC3=O)n2)C1. The number of carbonyl (C=O) groups is 2. The minimum absolute atomic E-state index is 0.00124. The van der Waals surface area contributed by atoms with Crippen LogP contribution in [0.2, 0.25) is 0 Å². The summed E-state index contributed by atoms with van der Waals surface area (Å²) in [5, 5.41) is -0.0904. The van der Waals surface area contributed by atoms with Crippen molar-refractivity contribution in [1.29, 1.82) is 0 Å². The average Bonchev–Trinajstić information content (AvgIpc) is 2.85. The number of rotatable bonds is 3. The van der Waals surface area contributed by atoms with Crippen molar-refractivity contribution in [3.05, 3.63) is 22.9 Å². The number of hydrogen-bond donors (Lipinski definition) is 0. The first-order chi connectivity index (χ1) is 10.7. The third-order valence-electron chi connectivity index (χ3n) is 4.13. The third kappa shape index (κ3) is 3.38. The lowest BCUT2D eigenvalue weighted by Crippen LogP contribution is -2.36. The highest BCUT2D eigenvalue weighted by Gasteiger charge is 2.26. The Balaban J connectivity index is 1.79. The molecule has 0 spiro atoms. The first-order valence-corrected chi connectivity index (χ1v) is 8.51. The zero-order valence-electron chi connectivity index (χ0n) is 12.6. The van der Waals surface area contributed by atoms with Crippen LogP contribution in [0.1, 0.15) is 38.3 Å². The Kier molecular flexibility index (Phi) is 4.57. The van der Waals surface area contributed by atoms with Gasteiger partial charge in [-0.2, -0.15) is 0 Å². The van der Waals surface area contributed by atoms with E-state index < -0.39 is 0 Å². The highest BCUT2D eigenvalue weighted by atomic mass is 32.2. The van der Waals surface area contributed by atoms with E-state index in [0.717, 1.165) is 31.3 Å². The van der Waals surface area contributed by atoms with E-state index in [1.807, 2.05) is 0 Å². The van der Waals surface area contributed by atoms with Gasteiger partial charge in [-0.15, -0.1) is 0 Å². The topological polar surface area (TPSA) is 63.2 Å². The standard InChI is InChI=1S/C16H19N3O2S/c1-2-11-4-3-7-19(10-11)16-17-6-5-12(18-16)8-14-13(20)9-15(21)22-14/h5-6,8,11H,2-4,7,9-10H2,1H3/b14-8-. The van der Waals surface area contributed by atoms with Crippen molar-refractivity contribution >= 4 is 34.7 Å². The molecule has 5 nitrogen and oxygen atoms in total. The number of allylic oxidation sites excluding steroid dienone is 1. The van der Waals surface area contributed by atoms with Crippen LogP contribution in [-0.4, -0.2) is 34.0 Å². The van der Waals surface area contributed by atoms with E-state index in [0.29, 0.717) is 22.5 Å². The van der Waals surface area contributed by atoms with Gasteiger partial charge >= 0.3 is 0 Å². The maximum Gasteiger partial charge on any atom is 0.225 e. The fourth-order valence-corrected chi connectivity index (χ4v) is 3.67. The van der Waals surface area contributed by atoms with Gasteiger partial charge in [0.2, 0.25) is 11.1 Å². The van der Waals surface area contributed by atoms with E-state index in [9.17, 15) is 9.59 Å². The molecular formula is C16H19N3O2S.